The minimum Gasteiger partial charge on any atom is -0.486 e. The van der Waals surface area contributed by atoms with Crippen LogP contribution in [0.2, 0.25) is 0 Å². The molecular formula is C9H10BrNO4S. The quantitative estimate of drug-likeness (QED) is 0.884. The molecule has 0 fully saturated rings. The minimum absolute atomic E-state index is 0.220. The molecule has 2 N–H and O–H groups in total. The van der Waals surface area contributed by atoms with Crippen LogP contribution in [0.1, 0.15) is 5.56 Å². The summed E-state index contributed by atoms with van der Waals surface area (Å²) in [5.41, 5.74) is 0.568. The van der Waals surface area contributed by atoms with E-state index in [0.29, 0.717) is 34.7 Å². The zero-order chi connectivity index (χ0) is 11.8. The van der Waals surface area contributed by atoms with Crippen molar-refractivity contribution in [3.05, 3.63) is 22.2 Å². The molecule has 2 rings (SSSR count). The third-order valence-corrected chi connectivity index (χ3v) is 3.35. The van der Waals surface area contributed by atoms with Gasteiger partial charge in [-0.15, -0.1) is 0 Å². The van der Waals surface area contributed by atoms with Gasteiger partial charge in [-0.05, 0) is 33.6 Å². The van der Waals surface area contributed by atoms with Crippen molar-refractivity contribution in [2.75, 3.05) is 13.2 Å². The van der Waals surface area contributed by atoms with Crippen molar-refractivity contribution in [2.24, 2.45) is 5.14 Å². The molecule has 1 heterocycles. The van der Waals surface area contributed by atoms with E-state index >= 15 is 0 Å². The van der Waals surface area contributed by atoms with Crippen molar-refractivity contribution in [3.8, 4) is 11.5 Å². The van der Waals surface area contributed by atoms with E-state index in [0.717, 1.165) is 0 Å². The molecule has 16 heavy (non-hydrogen) atoms. The molecule has 0 radical (unpaired) electrons. The maximum Gasteiger partial charge on any atom is 0.213 e. The summed E-state index contributed by atoms with van der Waals surface area (Å²) in [6.45, 7) is 0.943. The summed E-state index contributed by atoms with van der Waals surface area (Å²) in [4.78, 5) is 0. The molecule has 0 aliphatic carbocycles. The molecule has 0 aromatic heterocycles. The van der Waals surface area contributed by atoms with Crippen molar-refractivity contribution in [3.63, 3.8) is 0 Å². The SMILES string of the molecule is NS(=O)(=O)Cc1cc(Br)c2c(c1)OCCO2. The van der Waals surface area contributed by atoms with Gasteiger partial charge in [0, 0.05) is 0 Å². The standard InChI is InChI=1S/C9H10BrNO4S/c10-7-3-6(5-16(11,12)13)4-8-9(7)15-2-1-14-8/h3-4H,1-2,5H2,(H2,11,12,13). The Balaban J connectivity index is 2.39. The first kappa shape index (κ1) is 11.7. The van der Waals surface area contributed by atoms with Crippen molar-refractivity contribution in [2.45, 2.75) is 5.75 Å². The predicted octanol–water partition coefficient (Wildman–Crippen LogP) is 1.01. The monoisotopic (exact) mass is 307 g/mol. The fourth-order valence-corrected chi connectivity index (χ4v) is 2.72. The van der Waals surface area contributed by atoms with Crippen molar-refractivity contribution < 1.29 is 17.9 Å². The highest BCUT2D eigenvalue weighted by atomic mass is 79.9. The maximum atomic E-state index is 11.0. The van der Waals surface area contributed by atoms with Gasteiger partial charge in [-0.2, -0.15) is 0 Å². The van der Waals surface area contributed by atoms with E-state index in [1.165, 1.54) is 0 Å². The van der Waals surface area contributed by atoms with Crippen LogP contribution < -0.4 is 14.6 Å². The molecule has 1 aliphatic heterocycles. The van der Waals surface area contributed by atoms with Gasteiger partial charge in [0.25, 0.3) is 0 Å². The van der Waals surface area contributed by atoms with Gasteiger partial charge in [-0.3, -0.25) is 0 Å². The van der Waals surface area contributed by atoms with Crippen molar-refractivity contribution in [1.82, 2.24) is 0 Å². The number of sulfonamides is 1. The highest BCUT2D eigenvalue weighted by molar-refractivity contribution is 9.10. The number of hydrogen-bond donors (Lipinski definition) is 1. The number of nitrogens with two attached hydrogens (primary N) is 1. The summed E-state index contributed by atoms with van der Waals surface area (Å²) in [7, 11) is -3.54. The van der Waals surface area contributed by atoms with Crippen LogP contribution >= 0.6 is 15.9 Å². The van der Waals surface area contributed by atoms with Gasteiger partial charge >= 0.3 is 0 Å². The second-order valence-electron chi connectivity index (χ2n) is 3.41. The zero-order valence-electron chi connectivity index (χ0n) is 8.27. The Morgan fingerprint density at radius 2 is 2.00 bits per heavy atom. The normalized spacial score (nSPS) is 14.9. The molecule has 5 nitrogen and oxygen atoms in total. The Hall–Kier alpha value is -0.790. The number of primary sulfonamides is 1. The summed E-state index contributed by atoms with van der Waals surface area (Å²) in [6.07, 6.45) is 0. The number of benzene rings is 1. The van der Waals surface area contributed by atoms with Crippen molar-refractivity contribution >= 4 is 26.0 Å². The molecule has 0 spiro atoms. The van der Waals surface area contributed by atoms with E-state index in [2.05, 4.69) is 15.9 Å². The summed E-state index contributed by atoms with van der Waals surface area (Å²) < 4.78 is 33.4. The smallest absolute Gasteiger partial charge is 0.213 e. The lowest BCUT2D eigenvalue weighted by atomic mass is 10.2. The average Bonchev–Trinajstić information content (AvgIpc) is 2.15. The summed E-state index contributed by atoms with van der Waals surface area (Å²) in [6, 6.07) is 3.29. The molecule has 0 bridgehead atoms. The highest BCUT2D eigenvalue weighted by Crippen LogP contribution is 2.38. The molecule has 0 amide bonds. The molecule has 7 heteroatoms. The Morgan fingerprint density at radius 1 is 1.31 bits per heavy atom. The van der Waals surface area contributed by atoms with Crippen LogP contribution in [-0.2, 0) is 15.8 Å². The fraction of sp³-hybridized carbons (Fsp3) is 0.333. The second-order valence-corrected chi connectivity index (χ2v) is 5.88. The van der Waals surface area contributed by atoms with Gasteiger partial charge in [-0.1, -0.05) is 0 Å². The van der Waals surface area contributed by atoms with E-state index in [-0.39, 0.29) is 5.75 Å². The molecule has 0 atom stereocenters. The van der Waals surface area contributed by atoms with Crippen LogP contribution in [0.3, 0.4) is 0 Å². The number of fused-ring (bicyclic) bond motifs is 1. The van der Waals surface area contributed by atoms with Gasteiger partial charge < -0.3 is 9.47 Å². The fourth-order valence-electron chi connectivity index (χ4n) is 1.48. The Kier molecular flexibility index (Phi) is 3.09. The number of hydrogen-bond acceptors (Lipinski definition) is 4. The van der Waals surface area contributed by atoms with E-state index in [1.54, 1.807) is 12.1 Å². The zero-order valence-corrected chi connectivity index (χ0v) is 10.7. The number of halogens is 1. The lowest BCUT2D eigenvalue weighted by Gasteiger charge is -2.20. The second kappa shape index (κ2) is 4.23. The first-order chi connectivity index (χ1) is 7.46. The molecular weight excluding hydrogens is 298 g/mol. The molecule has 0 unspecified atom stereocenters. The van der Waals surface area contributed by atoms with E-state index in [4.69, 9.17) is 14.6 Å². The van der Waals surface area contributed by atoms with Gasteiger partial charge in [0.05, 0.1) is 10.2 Å². The molecule has 0 saturated carbocycles. The van der Waals surface area contributed by atoms with Crippen LogP contribution in [0.4, 0.5) is 0 Å². The van der Waals surface area contributed by atoms with Crippen LogP contribution in [-0.4, -0.2) is 21.6 Å². The van der Waals surface area contributed by atoms with E-state index in [9.17, 15) is 8.42 Å². The van der Waals surface area contributed by atoms with Crippen molar-refractivity contribution in [1.29, 1.82) is 0 Å². The lowest BCUT2D eigenvalue weighted by molar-refractivity contribution is 0.170. The third kappa shape index (κ3) is 2.66. The Labute approximate surface area is 102 Å². The largest absolute Gasteiger partial charge is 0.486 e. The molecule has 1 aromatic carbocycles. The summed E-state index contributed by atoms with van der Waals surface area (Å²) >= 11 is 3.30. The Bertz CT molecular complexity index is 514. The average molecular weight is 308 g/mol. The van der Waals surface area contributed by atoms with Gasteiger partial charge in [0.2, 0.25) is 10.0 Å². The lowest BCUT2D eigenvalue weighted by Crippen LogP contribution is -2.17. The first-order valence-electron chi connectivity index (χ1n) is 4.54. The third-order valence-electron chi connectivity index (χ3n) is 2.02. The van der Waals surface area contributed by atoms with Crippen LogP contribution in [0.25, 0.3) is 0 Å². The van der Waals surface area contributed by atoms with E-state index < -0.39 is 10.0 Å². The maximum absolute atomic E-state index is 11.0. The summed E-state index contributed by atoms with van der Waals surface area (Å²) in [5.74, 6) is 0.922. The number of rotatable bonds is 2. The number of ether oxygens (including phenoxy) is 2. The van der Waals surface area contributed by atoms with Gasteiger partial charge in [0.15, 0.2) is 11.5 Å². The topological polar surface area (TPSA) is 78.6 Å². The highest BCUT2D eigenvalue weighted by Gasteiger charge is 2.17. The predicted molar refractivity (Wildman–Crippen MR) is 61.9 cm³/mol. The minimum atomic E-state index is -3.54. The molecule has 0 saturated heterocycles. The first-order valence-corrected chi connectivity index (χ1v) is 7.05. The summed E-state index contributed by atoms with van der Waals surface area (Å²) in [5, 5.41) is 4.98. The van der Waals surface area contributed by atoms with Crippen LogP contribution in [0, 0.1) is 0 Å². The van der Waals surface area contributed by atoms with Crippen LogP contribution in [0.5, 0.6) is 11.5 Å². The van der Waals surface area contributed by atoms with Crippen LogP contribution in [0.15, 0.2) is 16.6 Å². The molecule has 88 valence electrons. The Morgan fingerprint density at radius 3 is 2.69 bits per heavy atom. The van der Waals surface area contributed by atoms with Gasteiger partial charge in [0.1, 0.15) is 13.2 Å². The van der Waals surface area contributed by atoms with E-state index in [1.807, 2.05) is 0 Å². The molecule has 1 aromatic rings. The molecule has 1 aliphatic rings. The van der Waals surface area contributed by atoms with Gasteiger partial charge in [-0.25, -0.2) is 13.6 Å².